The van der Waals surface area contributed by atoms with Crippen LogP contribution in [0.2, 0.25) is 0 Å². The first-order chi connectivity index (χ1) is 10.1. The number of nitrogens with zero attached hydrogens (tertiary/aromatic N) is 2. The molecular formula is C15H21N3O2S. The molecule has 0 aromatic rings. The van der Waals surface area contributed by atoms with Crippen LogP contribution in [0.4, 0.5) is 0 Å². The highest BCUT2D eigenvalue weighted by Gasteiger charge is 2.24. The highest BCUT2D eigenvalue weighted by molar-refractivity contribution is 8.05. The summed E-state index contributed by atoms with van der Waals surface area (Å²) < 4.78 is 0. The van der Waals surface area contributed by atoms with Crippen LogP contribution in [-0.4, -0.2) is 53.9 Å². The van der Waals surface area contributed by atoms with Gasteiger partial charge in [-0.05, 0) is 31.7 Å². The van der Waals surface area contributed by atoms with E-state index in [0.717, 1.165) is 30.1 Å². The van der Waals surface area contributed by atoms with Gasteiger partial charge in [0.15, 0.2) is 5.78 Å². The number of hydrogen-bond donors (Lipinski definition) is 1. The van der Waals surface area contributed by atoms with Crippen molar-refractivity contribution < 1.29 is 9.59 Å². The van der Waals surface area contributed by atoms with Gasteiger partial charge in [0, 0.05) is 17.5 Å². The van der Waals surface area contributed by atoms with Gasteiger partial charge in [0.1, 0.15) is 5.37 Å². The molecule has 0 saturated carbocycles. The van der Waals surface area contributed by atoms with Gasteiger partial charge in [-0.2, -0.15) is 0 Å². The van der Waals surface area contributed by atoms with Crippen molar-refractivity contribution in [3.05, 3.63) is 23.1 Å². The van der Waals surface area contributed by atoms with Gasteiger partial charge in [0.25, 0.3) is 0 Å². The number of hydrogen-bond acceptors (Lipinski definition) is 5. The first kappa shape index (κ1) is 16.0. The Bertz CT molecular complexity index is 507. The van der Waals surface area contributed by atoms with E-state index in [-0.39, 0.29) is 17.1 Å². The smallest absolute Gasteiger partial charge is 0.234 e. The Hall–Kier alpha value is -1.40. The predicted octanol–water partition coefficient (Wildman–Crippen LogP) is 1.37. The van der Waals surface area contributed by atoms with Crippen molar-refractivity contribution in [2.24, 2.45) is 4.99 Å². The molecule has 114 valence electrons. The molecule has 0 aromatic heterocycles. The molecular weight excluding hydrogens is 286 g/mol. The second kappa shape index (κ2) is 7.56. The van der Waals surface area contributed by atoms with Crippen LogP contribution >= 0.6 is 11.8 Å². The molecule has 2 rings (SSSR count). The van der Waals surface area contributed by atoms with Crippen LogP contribution in [0.1, 0.15) is 20.3 Å². The third-order valence-corrected chi connectivity index (χ3v) is 4.65. The van der Waals surface area contributed by atoms with Crippen molar-refractivity contribution in [2.75, 3.05) is 26.2 Å². The molecule has 1 aliphatic heterocycles. The molecule has 21 heavy (non-hydrogen) atoms. The Morgan fingerprint density at radius 3 is 2.86 bits per heavy atom. The summed E-state index contributed by atoms with van der Waals surface area (Å²) in [6.45, 7) is 6.91. The van der Waals surface area contributed by atoms with Gasteiger partial charge in [-0.25, -0.2) is 0 Å². The van der Waals surface area contributed by atoms with Gasteiger partial charge in [-0.1, -0.05) is 25.6 Å². The zero-order valence-electron chi connectivity index (χ0n) is 12.5. The molecule has 2 aliphatic rings. The number of amides is 1. The van der Waals surface area contributed by atoms with Crippen LogP contribution in [0.15, 0.2) is 28.1 Å². The van der Waals surface area contributed by atoms with Crippen molar-refractivity contribution >= 4 is 29.2 Å². The average Bonchev–Trinajstić information content (AvgIpc) is 2.86. The van der Waals surface area contributed by atoms with Gasteiger partial charge < -0.3 is 5.32 Å². The topological polar surface area (TPSA) is 61.8 Å². The van der Waals surface area contributed by atoms with Crippen LogP contribution in [0.3, 0.4) is 0 Å². The van der Waals surface area contributed by atoms with E-state index in [1.807, 2.05) is 13.8 Å². The normalized spacial score (nSPS) is 20.3. The first-order valence-electron chi connectivity index (χ1n) is 7.30. The zero-order chi connectivity index (χ0) is 15.2. The van der Waals surface area contributed by atoms with E-state index in [4.69, 9.17) is 0 Å². The fourth-order valence-electron chi connectivity index (χ4n) is 2.19. The number of carbonyl (C=O) groups is 2. The van der Waals surface area contributed by atoms with E-state index in [2.05, 4.69) is 15.2 Å². The first-order valence-corrected chi connectivity index (χ1v) is 8.18. The minimum Gasteiger partial charge on any atom is -0.355 e. The Balaban J connectivity index is 1.72. The van der Waals surface area contributed by atoms with Gasteiger partial charge in [-0.15, -0.1) is 0 Å². The quantitative estimate of drug-likeness (QED) is 0.722. The summed E-state index contributed by atoms with van der Waals surface area (Å²) in [6.07, 6.45) is 5.71. The predicted molar refractivity (Wildman–Crippen MR) is 86.5 cm³/mol. The maximum atomic E-state index is 11.8. The Morgan fingerprint density at radius 2 is 2.14 bits per heavy atom. The van der Waals surface area contributed by atoms with Gasteiger partial charge in [0.05, 0.1) is 12.3 Å². The Kier molecular flexibility index (Phi) is 5.76. The molecule has 0 radical (unpaired) electrons. The maximum absolute atomic E-state index is 11.8. The lowest BCUT2D eigenvalue weighted by Gasteiger charge is -2.17. The third kappa shape index (κ3) is 4.54. The number of rotatable bonds is 7. The molecule has 1 atom stereocenters. The van der Waals surface area contributed by atoms with Gasteiger partial charge in [0.2, 0.25) is 5.91 Å². The SMILES string of the molecule is CCN(CC)CC(=O)NCCC1N=C2C=CC(=O)C=C2S1. The van der Waals surface area contributed by atoms with Gasteiger partial charge >= 0.3 is 0 Å². The molecule has 1 unspecified atom stereocenters. The molecule has 0 spiro atoms. The number of nitrogens with one attached hydrogen (secondary N) is 1. The van der Waals surface area contributed by atoms with Gasteiger partial charge in [-0.3, -0.25) is 19.5 Å². The Morgan fingerprint density at radius 1 is 1.38 bits per heavy atom. The van der Waals surface area contributed by atoms with Crippen LogP contribution in [0.5, 0.6) is 0 Å². The Labute approximate surface area is 129 Å². The lowest BCUT2D eigenvalue weighted by Crippen LogP contribution is -2.37. The zero-order valence-corrected chi connectivity index (χ0v) is 13.3. The monoisotopic (exact) mass is 307 g/mol. The van der Waals surface area contributed by atoms with E-state index >= 15 is 0 Å². The highest BCUT2D eigenvalue weighted by atomic mass is 32.2. The minimum absolute atomic E-state index is 0.0182. The van der Waals surface area contributed by atoms with E-state index < -0.39 is 0 Å². The lowest BCUT2D eigenvalue weighted by molar-refractivity contribution is -0.122. The van der Waals surface area contributed by atoms with E-state index in [1.165, 1.54) is 6.08 Å². The summed E-state index contributed by atoms with van der Waals surface area (Å²) in [4.78, 5) is 30.6. The summed E-state index contributed by atoms with van der Waals surface area (Å²) in [5.41, 5.74) is 0.888. The van der Waals surface area contributed by atoms with Crippen molar-refractivity contribution in [1.29, 1.82) is 0 Å². The van der Waals surface area contributed by atoms with E-state index in [1.54, 1.807) is 23.9 Å². The molecule has 0 bridgehead atoms. The molecule has 0 aromatic carbocycles. The lowest BCUT2D eigenvalue weighted by atomic mass is 10.1. The minimum atomic E-state index is 0.0182. The van der Waals surface area contributed by atoms with Crippen LogP contribution in [0.25, 0.3) is 0 Å². The summed E-state index contributed by atoms with van der Waals surface area (Å²) in [7, 11) is 0. The molecule has 0 saturated heterocycles. The van der Waals surface area contributed by atoms with Crippen molar-refractivity contribution in [3.63, 3.8) is 0 Å². The fourth-order valence-corrected chi connectivity index (χ4v) is 3.31. The molecule has 1 N–H and O–H groups in total. The number of likely N-dealkylation sites (N-methyl/N-ethyl adjacent to an activating group) is 1. The molecule has 1 aliphatic carbocycles. The van der Waals surface area contributed by atoms with Crippen LogP contribution in [0, 0.1) is 0 Å². The highest BCUT2D eigenvalue weighted by Crippen LogP contribution is 2.34. The molecule has 5 nitrogen and oxygen atoms in total. The van der Waals surface area contributed by atoms with Crippen molar-refractivity contribution in [1.82, 2.24) is 10.2 Å². The molecule has 1 heterocycles. The number of ketones is 1. The number of allylic oxidation sites excluding steroid dienone is 4. The van der Waals surface area contributed by atoms with E-state index in [9.17, 15) is 9.59 Å². The summed E-state index contributed by atoms with van der Waals surface area (Å²) in [5, 5.41) is 3.02. The largest absolute Gasteiger partial charge is 0.355 e. The number of fused-ring (bicyclic) bond motifs is 1. The molecule has 0 fully saturated rings. The van der Waals surface area contributed by atoms with Crippen LogP contribution < -0.4 is 5.32 Å². The molecule has 1 amide bonds. The second-order valence-corrected chi connectivity index (χ2v) is 6.15. The van der Waals surface area contributed by atoms with E-state index in [0.29, 0.717) is 13.1 Å². The third-order valence-electron chi connectivity index (χ3n) is 3.45. The number of thioether (sulfide) groups is 1. The molecule has 6 heteroatoms. The fraction of sp³-hybridized carbons (Fsp3) is 0.533. The van der Waals surface area contributed by atoms with Crippen LogP contribution in [-0.2, 0) is 9.59 Å². The summed E-state index contributed by atoms with van der Waals surface area (Å²) in [6, 6.07) is 0. The number of carbonyl (C=O) groups excluding carboxylic acids is 2. The number of aliphatic imine (C=N–C) groups is 1. The average molecular weight is 307 g/mol. The van der Waals surface area contributed by atoms with Crippen molar-refractivity contribution in [2.45, 2.75) is 25.6 Å². The second-order valence-electron chi connectivity index (χ2n) is 4.93. The maximum Gasteiger partial charge on any atom is 0.234 e. The summed E-state index contributed by atoms with van der Waals surface area (Å²) >= 11 is 1.60. The van der Waals surface area contributed by atoms with Crippen molar-refractivity contribution in [3.8, 4) is 0 Å². The summed E-state index contributed by atoms with van der Waals surface area (Å²) in [5.74, 6) is 0.0747. The standard InChI is InChI=1S/C15H21N3O2S/c1-3-18(4-2)10-14(20)16-8-7-15-17-12-6-5-11(19)9-13(12)21-15/h5-6,9,15H,3-4,7-8,10H2,1-2H3,(H,16,20).